The van der Waals surface area contributed by atoms with Crippen molar-refractivity contribution in [3.63, 3.8) is 0 Å². The summed E-state index contributed by atoms with van der Waals surface area (Å²) in [5.41, 5.74) is 0. The lowest BCUT2D eigenvalue weighted by molar-refractivity contribution is -0.143. The van der Waals surface area contributed by atoms with Gasteiger partial charge in [-0.1, -0.05) is 0 Å². The highest BCUT2D eigenvalue weighted by Crippen LogP contribution is 2.28. The first-order valence-electron chi connectivity index (χ1n) is 5.80. The molecule has 0 aromatic heterocycles. The molecule has 92 valence electrons. The molecule has 1 aromatic rings. The minimum Gasteiger partial charge on any atom is -0.490 e. The van der Waals surface area contributed by atoms with Crippen LogP contribution >= 0.6 is 0 Å². The smallest absolute Gasteiger partial charge is 0.306 e. The van der Waals surface area contributed by atoms with Gasteiger partial charge >= 0.3 is 5.97 Å². The van der Waals surface area contributed by atoms with Crippen molar-refractivity contribution in [3.8, 4) is 5.75 Å². The van der Waals surface area contributed by atoms with Crippen molar-refractivity contribution in [2.75, 3.05) is 0 Å². The van der Waals surface area contributed by atoms with Gasteiger partial charge in [0.05, 0.1) is 12.0 Å². The molecule has 1 aliphatic rings. The molecule has 1 fully saturated rings. The molecule has 2 rings (SSSR count). The molecule has 1 aromatic carbocycles. The molecule has 0 radical (unpaired) electrons. The first-order chi connectivity index (χ1) is 8.15. The number of hydrogen-bond acceptors (Lipinski definition) is 2. The van der Waals surface area contributed by atoms with Crippen LogP contribution in [-0.2, 0) is 4.79 Å². The predicted octanol–water partition coefficient (Wildman–Crippen LogP) is 2.85. The van der Waals surface area contributed by atoms with Gasteiger partial charge in [0.15, 0.2) is 0 Å². The summed E-state index contributed by atoms with van der Waals surface area (Å²) in [6.07, 6.45) is 2.91. The first kappa shape index (κ1) is 11.9. The van der Waals surface area contributed by atoms with Crippen molar-refractivity contribution in [1.29, 1.82) is 0 Å². The third kappa shape index (κ3) is 3.19. The summed E-state index contributed by atoms with van der Waals surface area (Å²) >= 11 is 0. The van der Waals surface area contributed by atoms with E-state index in [0.29, 0.717) is 12.2 Å². The average molecular weight is 238 g/mol. The second kappa shape index (κ2) is 5.17. The standard InChI is InChI=1S/C13H15FO3/c14-10-4-6-11(7-5-10)17-12-3-1-2-9(8-12)13(15)16/h4-7,9,12H,1-3,8H2,(H,15,16). The number of ether oxygens (including phenoxy) is 1. The summed E-state index contributed by atoms with van der Waals surface area (Å²) in [4.78, 5) is 10.9. The molecule has 17 heavy (non-hydrogen) atoms. The van der Waals surface area contributed by atoms with Gasteiger partial charge < -0.3 is 9.84 Å². The van der Waals surface area contributed by atoms with E-state index in [0.717, 1.165) is 19.3 Å². The number of hydrogen-bond donors (Lipinski definition) is 1. The van der Waals surface area contributed by atoms with E-state index in [1.54, 1.807) is 12.1 Å². The molecule has 0 spiro atoms. The van der Waals surface area contributed by atoms with Crippen molar-refractivity contribution >= 4 is 5.97 Å². The number of halogens is 1. The Morgan fingerprint density at radius 3 is 2.65 bits per heavy atom. The molecule has 0 amide bonds. The Bertz CT molecular complexity index is 388. The molecule has 2 unspecified atom stereocenters. The van der Waals surface area contributed by atoms with Crippen LogP contribution in [0, 0.1) is 11.7 Å². The van der Waals surface area contributed by atoms with E-state index < -0.39 is 5.97 Å². The van der Waals surface area contributed by atoms with Crippen LogP contribution in [0.15, 0.2) is 24.3 Å². The highest BCUT2D eigenvalue weighted by molar-refractivity contribution is 5.70. The summed E-state index contributed by atoms with van der Waals surface area (Å²) in [5, 5.41) is 8.95. The molecule has 0 heterocycles. The van der Waals surface area contributed by atoms with E-state index in [-0.39, 0.29) is 17.8 Å². The maximum Gasteiger partial charge on any atom is 0.306 e. The Labute approximate surface area is 99.2 Å². The highest BCUT2D eigenvalue weighted by atomic mass is 19.1. The number of carbonyl (C=O) groups is 1. The van der Waals surface area contributed by atoms with Gasteiger partial charge in [0, 0.05) is 0 Å². The van der Waals surface area contributed by atoms with Crippen LogP contribution in [0.4, 0.5) is 4.39 Å². The fourth-order valence-electron chi connectivity index (χ4n) is 2.18. The van der Waals surface area contributed by atoms with Gasteiger partial charge in [-0.15, -0.1) is 0 Å². The lowest BCUT2D eigenvalue weighted by Gasteiger charge is -2.27. The molecule has 0 saturated heterocycles. The third-order valence-corrected chi connectivity index (χ3v) is 3.09. The van der Waals surface area contributed by atoms with Crippen LogP contribution in [0.5, 0.6) is 5.75 Å². The number of aliphatic carboxylic acids is 1. The average Bonchev–Trinajstić information content (AvgIpc) is 2.32. The zero-order chi connectivity index (χ0) is 12.3. The van der Waals surface area contributed by atoms with Gasteiger partial charge in [-0.2, -0.15) is 0 Å². The van der Waals surface area contributed by atoms with E-state index >= 15 is 0 Å². The minimum atomic E-state index is -0.752. The van der Waals surface area contributed by atoms with Crippen molar-refractivity contribution in [2.45, 2.75) is 31.8 Å². The summed E-state index contributed by atoms with van der Waals surface area (Å²) in [7, 11) is 0. The van der Waals surface area contributed by atoms with Crippen molar-refractivity contribution in [3.05, 3.63) is 30.1 Å². The minimum absolute atomic E-state index is 0.0738. The summed E-state index contributed by atoms with van der Waals surface area (Å²) in [5.74, 6) is -0.765. The summed E-state index contributed by atoms with van der Waals surface area (Å²) in [6, 6.07) is 5.82. The predicted molar refractivity (Wildman–Crippen MR) is 60.4 cm³/mol. The van der Waals surface area contributed by atoms with Crippen LogP contribution in [0.2, 0.25) is 0 Å². The van der Waals surface area contributed by atoms with E-state index in [1.807, 2.05) is 0 Å². The number of rotatable bonds is 3. The topological polar surface area (TPSA) is 46.5 Å². The Morgan fingerprint density at radius 2 is 2.00 bits per heavy atom. The fourth-order valence-corrected chi connectivity index (χ4v) is 2.18. The lowest BCUT2D eigenvalue weighted by atomic mass is 9.87. The van der Waals surface area contributed by atoms with E-state index in [9.17, 15) is 9.18 Å². The molecule has 0 aliphatic heterocycles. The van der Waals surface area contributed by atoms with Crippen LogP contribution in [-0.4, -0.2) is 17.2 Å². The van der Waals surface area contributed by atoms with Gasteiger partial charge in [0.2, 0.25) is 0 Å². The largest absolute Gasteiger partial charge is 0.490 e. The SMILES string of the molecule is O=C(O)C1CCCC(Oc2ccc(F)cc2)C1. The Morgan fingerprint density at radius 1 is 1.29 bits per heavy atom. The monoisotopic (exact) mass is 238 g/mol. The van der Waals surface area contributed by atoms with Crippen molar-refractivity contribution in [2.24, 2.45) is 5.92 Å². The quantitative estimate of drug-likeness (QED) is 0.880. The maximum atomic E-state index is 12.7. The van der Waals surface area contributed by atoms with Gasteiger partial charge in [-0.3, -0.25) is 4.79 Å². The molecule has 3 nitrogen and oxygen atoms in total. The van der Waals surface area contributed by atoms with Crippen LogP contribution in [0.1, 0.15) is 25.7 Å². The molecular formula is C13H15FO3. The van der Waals surface area contributed by atoms with Gasteiger partial charge in [-0.25, -0.2) is 4.39 Å². The van der Waals surface area contributed by atoms with E-state index in [2.05, 4.69) is 0 Å². The zero-order valence-electron chi connectivity index (χ0n) is 9.43. The van der Waals surface area contributed by atoms with E-state index in [4.69, 9.17) is 9.84 Å². The van der Waals surface area contributed by atoms with Gasteiger partial charge in [0.1, 0.15) is 11.6 Å². The molecule has 0 bridgehead atoms. The molecular weight excluding hydrogens is 223 g/mol. The van der Waals surface area contributed by atoms with Crippen LogP contribution in [0.3, 0.4) is 0 Å². The molecule has 1 saturated carbocycles. The van der Waals surface area contributed by atoms with E-state index in [1.165, 1.54) is 12.1 Å². The molecule has 4 heteroatoms. The summed E-state index contributed by atoms with van der Waals surface area (Å²) in [6.45, 7) is 0. The molecule has 1 N–H and O–H groups in total. The number of carboxylic acids is 1. The summed E-state index contributed by atoms with van der Waals surface area (Å²) < 4.78 is 18.4. The normalized spacial score (nSPS) is 24.3. The second-order valence-corrected chi connectivity index (χ2v) is 4.40. The van der Waals surface area contributed by atoms with Gasteiger partial charge in [-0.05, 0) is 49.9 Å². The number of benzene rings is 1. The Kier molecular flexibility index (Phi) is 3.61. The number of carboxylic acid groups (broad SMARTS) is 1. The maximum absolute atomic E-state index is 12.7. The lowest BCUT2D eigenvalue weighted by Crippen LogP contribution is -2.29. The first-order valence-corrected chi connectivity index (χ1v) is 5.80. The Hall–Kier alpha value is -1.58. The zero-order valence-corrected chi connectivity index (χ0v) is 9.43. The van der Waals surface area contributed by atoms with Crippen molar-refractivity contribution in [1.82, 2.24) is 0 Å². The van der Waals surface area contributed by atoms with Crippen LogP contribution < -0.4 is 4.74 Å². The molecule has 1 aliphatic carbocycles. The van der Waals surface area contributed by atoms with Crippen LogP contribution in [0.25, 0.3) is 0 Å². The highest BCUT2D eigenvalue weighted by Gasteiger charge is 2.27. The second-order valence-electron chi connectivity index (χ2n) is 4.40. The third-order valence-electron chi connectivity index (χ3n) is 3.09. The molecule has 2 atom stereocenters. The van der Waals surface area contributed by atoms with Crippen molar-refractivity contribution < 1.29 is 19.0 Å². The Balaban J connectivity index is 1.94. The fraction of sp³-hybridized carbons (Fsp3) is 0.462. The van der Waals surface area contributed by atoms with Gasteiger partial charge in [0.25, 0.3) is 0 Å².